The van der Waals surface area contributed by atoms with E-state index in [1.54, 1.807) is 0 Å². The summed E-state index contributed by atoms with van der Waals surface area (Å²) in [6.07, 6.45) is 2.22. The number of fused-ring (bicyclic) bond motifs is 1. The molecule has 3 rings (SSSR count). The predicted molar refractivity (Wildman–Crippen MR) is 90.0 cm³/mol. The first-order chi connectivity index (χ1) is 10.2. The molecule has 0 saturated carbocycles. The molecule has 2 aromatic rings. The van der Waals surface area contributed by atoms with Gasteiger partial charge in [0.25, 0.3) is 0 Å². The van der Waals surface area contributed by atoms with Crippen molar-refractivity contribution >= 4 is 15.9 Å². The Kier molecular flexibility index (Phi) is 4.32. The van der Waals surface area contributed by atoms with Gasteiger partial charge < -0.3 is 10.1 Å². The van der Waals surface area contributed by atoms with Gasteiger partial charge in [-0.1, -0.05) is 46.3 Å². The van der Waals surface area contributed by atoms with Crippen LogP contribution in [0.25, 0.3) is 0 Å². The first-order valence-electron chi connectivity index (χ1n) is 7.39. The number of nitrogens with one attached hydrogen (secondary N) is 1. The fourth-order valence-electron chi connectivity index (χ4n) is 3.06. The lowest BCUT2D eigenvalue weighted by atomic mass is 9.91. The van der Waals surface area contributed by atoms with E-state index in [1.165, 1.54) is 22.3 Å². The van der Waals surface area contributed by atoms with Gasteiger partial charge in [0.05, 0.1) is 12.6 Å². The number of para-hydroxylation sites is 1. The molecule has 0 spiro atoms. The number of ether oxygens (including phenoxy) is 1. The van der Waals surface area contributed by atoms with Gasteiger partial charge in [-0.25, -0.2) is 0 Å². The minimum Gasteiger partial charge on any atom is -0.493 e. The van der Waals surface area contributed by atoms with Crippen molar-refractivity contribution < 1.29 is 4.74 Å². The standard InChI is InChI=1S/C18H20BrNO/c1-12-14(8-4-10-16(12)19)17(20-2)15-9-3-6-13-7-5-11-21-18(13)15/h3-4,6,8-10,17,20H,5,7,11H2,1-2H3. The second-order valence-corrected chi connectivity index (χ2v) is 6.32. The lowest BCUT2D eigenvalue weighted by Crippen LogP contribution is -2.21. The predicted octanol–water partition coefficient (Wildman–Crippen LogP) is 4.39. The van der Waals surface area contributed by atoms with Crippen LogP contribution in [0.1, 0.15) is 34.7 Å². The summed E-state index contributed by atoms with van der Waals surface area (Å²) in [6, 6.07) is 13.0. The summed E-state index contributed by atoms with van der Waals surface area (Å²) in [5.74, 6) is 1.07. The van der Waals surface area contributed by atoms with Crippen molar-refractivity contribution in [1.29, 1.82) is 0 Å². The second-order valence-electron chi connectivity index (χ2n) is 5.46. The van der Waals surface area contributed by atoms with Gasteiger partial charge in [0.15, 0.2) is 0 Å². The average molecular weight is 346 g/mol. The van der Waals surface area contributed by atoms with E-state index in [2.05, 4.69) is 64.6 Å². The molecule has 1 aliphatic heterocycles. The lowest BCUT2D eigenvalue weighted by Gasteiger charge is -2.26. The molecule has 0 saturated heterocycles. The second kappa shape index (κ2) is 6.20. The summed E-state index contributed by atoms with van der Waals surface area (Å²) in [6.45, 7) is 2.97. The molecule has 0 amide bonds. The van der Waals surface area contributed by atoms with Gasteiger partial charge in [-0.3, -0.25) is 0 Å². The number of benzene rings is 2. The molecule has 0 fully saturated rings. The highest BCUT2D eigenvalue weighted by atomic mass is 79.9. The molecule has 0 bridgehead atoms. The van der Waals surface area contributed by atoms with Crippen LogP contribution in [0.3, 0.4) is 0 Å². The van der Waals surface area contributed by atoms with Gasteiger partial charge >= 0.3 is 0 Å². The first kappa shape index (κ1) is 14.6. The van der Waals surface area contributed by atoms with Gasteiger partial charge in [-0.2, -0.15) is 0 Å². The molecule has 1 atom stereocenters. The van der Waals surface area contributed by atoms with Crippen molar-refractivity contribution in [3.05, 3.63) is 63.1 Å². The third kappa shape index (κ3) is 2.72. The quantitative estimate of drug-likeness (QED) is 0.890. The monoisotopic (exact) mass is 345 g/mol. The van der Waals surface area contributed by atoms with Crippen molar-refractivity contribution in [2.45, 2.75) is 25.8 Å². The molecule has 21 heavy (non-hydrogen) atoms. The molecule has 1 heterocycles. The summed E-state index contributed by atoms with van der Waals surface area (Å²) in [4.78, 5) is 0. The Morgan fingerprint density at radius 1 is 1.14 bits per heavy atom. The summed E-state index contributed by atoms with van der Waals surface area (Å²) in [5, 5.41) is 3.45. The fraction of sp³-hybridized carbons (Fsp3) is 0.333. The Hall–Kier alpha value is -1.32. The third-order valence-electron chi connectivity index (χ3n) is 4.18. The minimum atomic E-state index is 0.149. The average Bonchev–Trinajstić information content (AvgIpc) is 2.52. The zero-order chi connectivity index (χ0) is 14.8. The first-order valence-corrected chi connectivity index (χ1v) is 8.18. The van der Waals surface area contributed by atoms with Gasteiger partial charge in [0.1, 0.15) is 5.75 Å². The van der Waals surface area contributed by atoms with Crippen LogP contribution in [-0.2, 0) is 6.42 Å². The van der Waals surface area contributed by atoms with E-state index < -0.39 is 0 Å². The van der Waals surface area contributed by atoms with Crippen molar-refractivity contribution in [3.63, 3.8) is 0 Å². The molecule has 0 aromatic heterocycles. The molecule has 0 aliphatic carbocycles. The maximum absolute atomic E-state index is 5.98. The topological polar surface area (TPSA) is 21.3 Å². The molecular weight excluding hydrogens is 326 g/mol. The summed E-state index contributed by atoms with van der Waals surface area (Å²) < 4.78 is 7.12. The molecule has 1 aliphatic rings. The van der Waals surface area contributed by atoms with Crippen LogP contribution in [0.15, 0.2) is 40.9 Å². The number of rotatable bonds is 3. The van der Waals surface area contributed by atoms with E-state index in [0.29, 0.717) is 0 Å². The minimum absolute atomic E-state index is 0.149. The van der Waals surface area contributed by atoms with Crippen LogP contribution in [-0.4, -0.2) is 13.7 Å². The molecule has 3 heteroatoms. The lowest BCUT2D eigenvalue weighted by molar-refractivity contribution is 0.283. The maximum atomic E-state index is 5.98. The molecule has 110 valence electrons. The Balaban J connectivity index is 2.11. The van der Waals surface area contributed by atoms with Gasteiger partial charge in [-0.15, -0.1) is 0 Å². The molecule has 2 nitrogen and oxygen atoms in total. The van der Waals surface area contributed by atoms with E-state index in [9.17, 15) is 0 Å². The Morgan fingerprint density at radius 3 is 2.71 bits per heavy atom. The molecule has 0 radical (unpaired) electrons. The van der Waals surface area contributed by atoms with E-state index in [4.69, 9.17) is 4.74 Å². The Labute approximate surface area is 134 Å². The van der Waals surface area contributed by atoms with Crippen LogP contribution >= 0.6 is 15.9 Å². The van der Waals surface area contributed by atoms with Crippen LogP contribution in [0, 0.1) is 6.92 Å². The van der Waals surface area contributed by atoms with Crippen molar-refractivity contribution in [3.8, 4) is 5.75 Å². The Morgan fingerprint density at radius 2 is 1.90 bits per heavy atom. The van der Waals surface area contributed by atoms with Crippen LogP contribution in [0.2, 0.25) is 0 Å². The van der Waals surface area contributed by atoms with Gasteiger partial charge in [0.2, 0.25) is 0 Å². The van der Waals surface area contributed by atoms with E-state index in [0.717, 1.165) is 29.7 Å². The van der Waals surface area contributed by atoms with Gasteiger partial charge in [-0.05, 0) is 49.6 Å². The van der Waals surface area contributed by atoms with Crippen molar-refractivity contribution in [1.82, 2.24) is 5.32 Å². The summed E-state index contributed by atoms with van der Waals surface area (Å²) in [7, 11) is 2.01. The highest BCUT2D eigenvalue weighted by Gasteiger charge is 2.22. The molecule has 1 unspecified atom stereocenters. The SMILES string of the molecule is CNC(c1cccc(Br)c1C)c1cccc2c1OCCC2. The smallest absolute Gasteiger partial charge is 0.127 e. The van der Waals surface area contributed by atoms with Crippen LogP contribution in [0.5, 0.6) is 5.75 Å². The maximum Gasteiger partial charge on any atom is 0.127 e. The third-order valence-corrected chi connectivity index (χ3v) is 5.04. The highest BCUT2D eigenvalue weighted by molar-refractivity contribution is 9.10. The van der Waals surface area contributed by atoms with Crippen molar-refractivity contribution in [2.75, 3.05) is 13.7 Å². The van der Waals surface area contributed by atoms with E-state index in [-0.39, 0.29) is 6.04 Å². The number of hydrogen-bond acceptors (Lipinski definition) is 2. The zero-order valence-corrected chi connectivity index (χ0v) is 14.0. The van der Waals surface area contributed by atoms with E-state index >= 15 is 0 Å². The summed E-state index contributed by atoms with van der Waals surface area (Å²) >= 11 is 3.63. The van der Waals surface area contributed by atoms with E-state index in [1.807, 2.05) is 7.05 Å². The fourth-order valence-corrected chi connectivity index (χ4v) is 3.44. The molecule has 2 aromatic carbocycles. The number of aryl methyl sites for hydroxylation is 1. The highest BCUT2D eigenvalue weighted by Crippen LogP contribution is 2.37. The van der Waals surface area contributed by atoms with Crippen LogP contribution < -0.4 is 10.1 Å². The van der Waals surface area contributed by atoms with Crippen molar-refractivity contribution in [2.24, 2.45) is 0 Å². The van der Waals surface area contributed by atoms with Crippen LogP contribution in [0.4, 0.5) is 0 Å². The summed E-state index contributed by atoms with van der Waals surface area (Å²) in [5.41, 5.74) is 5.11. The number of hydrogen-bond donors (Lipinski definition) is 1. The largest absolute Gasteiger partial charge is 0.493 e. The zero-order valence-electron chi connectivity index (χ0n) is 12.4. The molecule has 1 N–H and O–H groups in total. The molecular formula is C18H20BrNO. The van der Waals surface area contributed by atoms with Gasteiger partial charge in [0, 0.05) is 10.0 Å². The Bertz CT molecular complexity index is 654. The number of halogens is 1. The normalized spacial score (nSPS) is 15.2.